The van der Waals surface area contributed by atoms with Gasteiger partial charge in [-0.1, -0.05) is 35.0 Å². The van der Waals surface area contributed by atoms with Crippen molar-refractivity contribution in [2.45, 2.75) is 5.16 Å². The molecule has 0 atom stereocenters. The lowest BCUT2D eigenvalue weighted by Gasteiger charge is -2.12. The van der Waals surface area contributed by atoms with Gasteiger partial charge in [-0.2, -0.15) is 0 Å². The highest BCUT2D eigenvalue weighted by Gasteiger charge is 2.13. The lowest BCUT2D eigenvalue weighted by molar-refractivity contribution is -0.113. The molecule has 3 rings (SSSR count). The minimum atomic E-state index is -0.164. The first-order chi connectivity index (χ1) is 13.3. The maximum absolute atomic E-state index is 12.2. The van der Waals surface area contributed by atoms with Crippen LogP contribution in [-0.4, -0.2) is 40.5 Å². The summed E-state index contributed by atoms with van der Waals surface area (Å²) in [6.07, 6.45) is 0. The van der Waals surface area contributed by atoms with E-state index in [1.165, 1.54) is 11.8 Å². The number of nitrogens with zero attached hydrogens (tertiary/aromatic N) is 4. The van der Waals surface area contributed by atoms with Crippen LogP contribution in [0, 0.1) is 0 Å². The van der Waals surface area contributed by atoms with E-state index in [1.54, 1.807) is 18.2 Å². The van der Waals surface area contributed by atoms with Gasteiger partial charge in [0.15, 0.2) is 11.0 Å². The summed E-state index contributed by atoms with van der Waals surface area (Å²) in [7, 11) is 5.87. The molecule has 1 amide bonds. The summed E-state index contributed by atoms with van der Waals surface area (Å²) in [5, 5.41) is 12.8. The summed E-state index contributed by atoms with van der Waals surface area (Å²) in [6.45, 7) is 0. The number of carbonyl (C=O) groups excluding carboxylic acids is 1. The number of nitrogens with one attached hydrogen (secondary N) is 1. The predicted molar refractivity (Wildman–Crippen MR) is 117 cm³/mol. The Bertz CT molecular complexity index is 988. The first-order valence-electron chi connectivity index (χ1n) is 8.40. The van der Waals surface area contributed by atoms with Gasteiger partial charge in [-0.05, 0) is 42.5 Å². The van der Waals surface area contributed by atoms with Gasteiger partial charge in [-0.15, -0.1) is 10.2 Å². The molecule has 0 radical (unpaired) electrons. The topological polar surface area (TPSA) is 63.1 Å². The van der Waals surface area contributed by atoms with Gasteiger partial charge in [-0.25, -0.2) is 0 Å². The summed E-state index contributed by atoms with van der Waals surface area (Å²) in [4.78, 5) is 14.2. The second kappa shape index (κ2) is 8.86. The number of hydrogen-bond acceptors (Lipinski definition) is 5. The van der Waals surface area contributed by atoms with Gasteiger partial charge < -0.3 is 14.8 Å². The molecule has 0 fully saturated rings. The van der Waals surface area contributed by atoms with Crippen molar-refractivity contribution in [1.82, 2.24) is 14.8 Å². The Morgan fingerprint density at radius 2 is 1.82 bits per heavy atom. The fraction of sp³-hybridized carbons (Fsp3) is 0.211. The number of carbonyl (C=O) groups is 1. The van der Waals surface area contributed by atoms with E-state index >= 15 is 0 Å². The average molecular weight is 436 g/mol. The molecule has 0 aliphatic rings. The maximum Gasteiger partial charge on any atom is 0.234 e. The molecule has 146 valence electrons. The van der Waals surface area contributed by atoms with Crippen LogP contribution in [0.25, 0.3) is 11.4 Å². The molecule has 0 spiro atoms. The number of benzene rings is 2. The van der Waals surface area contributed by atoms with Crippen molar-refractivity contribution in [2.24, 2.45) is 7.05 Å². The Balaban J connectivity index is 1.63. The molecule has 3 aromatic rings. The number of hydrogen-bond donors (Lipinski definition) is 1. The Morgan fingerprint density at radius 1 is 1.11 bits per heavy atom. The number of amides is 1. The molecule has 2 aromatic carbocycles. The largest absolute Gasteiger partial charge is 0.378 e. The van der Waals surface area contributed by atoms with Crippen LogP contribution in [0.5, 0.6) is 0 Å². The molecule has 1 heterocycles. The zero-order chi connectivity index (χ0) is 20.3. The summed E-state index contributed by atoms with van der Waals surface area (Å²) in [6, 6.07) is 13.0. The van der Waals surface area contributed by atoms with Crippen LogP contribution in [0.15, 0.2) is 47.6 Å². The third-order valence-electron chi connectivity index (χ3n) is 4.01. The second-order valence-corrected chi connectivity index (χ2v) is 8.03. The zero-order valence-corrected chi connectivity index (χ0v) is 17.9. The molecule has 0 aliphatic heterocycles. The van der Waals surface area contributed by atoms with E-state index in [0.717, 1.165) is 17.1 Å². The SMILES string of the molecule is CN(C)c1ccc(-c2nnc(SCC(=O)Nc3ccc(Cl)c(Cl)c3)n2C)cc1. The smallest absolute Gasteiger partial charge is 0.234 e. The molecule has 1 N–H and O–H groups in total. The van der Waals surface area contributed by atoms with E-state index in [4.69, 9.17) is 23.2 Å². The van der Waals surface area contributed by atoms with Crippen molar-refractivity contribution in [3.63, 3.8) is 0 Å². The van der Waals surface area contributed by atoms with Crippen LogP contribution in [0.3, 0.4) is 0 Å². The molecule has 0 saturated heterocycles. The minimum Gasteiger partial charge on any atom is -0.378 e. The van der Waals surface area contributed by atoms with Crippen LogP contribution >= 0.6 is 35.0 Å². The highest BCUT2D eigenvalue weighted by Crippen LogP contribution is 2.26. The summed E-state index contributed by atoms with van der Waals surface area (Å²) in [5.74, 6) is 0.784. The number of halogens is 2. The van der Waals surface area contributed by atoms with E-state index in [2.05, 4.69) is 15.5 Å². The van der Waals surface area contributed by atoms with Gasteiger partial charge in [0.2, 0.25) is 5.91 Å². The Kier molecular flexibility index (Phi) is 6.49. The third kappa shape index (κ3) is 4.79. The van der Waals surface area contributed by atoms with Crippen molar-refractivity contribution in [3.05, 3.63) is 52.5 Å². The zero-order valence-electron chi connectivity index (χ0n) is 15.6. The van der Waals surface area contributed by atoms with Gasteiger partial charge in [0.05, 0.1) is 15.8 Å². The Morgan fingerprint density at radius 3 is 2.46 bits per heavy atom. The van der Waals surface area contributed by atoms with E-state index in [1.807, 2.05) is 54.9 Å². The van der Waals surface area contributed by atoms with Crippen LogP contribution in [-0.2, 0) is 11.8 Å². The lowest BCUT2D eigenvalue weighted by atomic mass is 10.2. The molecular weight excluding hydrogens is 417 g/mol. The highest BCUT2D eigenvalue weighted by molar-refractivity contribution is 7.99. The van der Waals surface area contributed by atoms with E-state index in [0.29, 0.717) is 20.9 Å². The molecule has 0 saturated carbocycles. The van der Waals surface area contributed by atoms with Crippen molar-refractivity contribution in [1.29, 1.82) is 0 Å². The fourth-order valence-corrected chi connectivity index (χ4v) is 3.51. The van der Waals surface area contributed by atoms with E-state index < -0.39 is 0 Å². The summed E-state index contributed by atoms with van der Waals surface area (Å²) in [5.41, 5.74) is 2.67. The van der Waals surface area contributed by atoms with Crippen molar-refractivity contribution >= 4 is 52.2 Å². The predicted octanol–water partition coefficient (Wildman–Crippen LogP) is 4.59. The summed E-state index contributed by atoms with van der Waals surface area (Å²) < 4.78 is 1.88. The van der Waals surface area contributed by atoms with Gasteiger partial charge in [0.1, 0.15) is 0 Å². The fourth-order valence-electron chi connectivity index (χ4n) is 2.50. The molecular formula is C19H19Cl2N5OS. The normalized spacial score (nSPS) is 10.8. The molecule has 28 heavy (non-hydrogen) atoms. The van der Waals surface area contributed by atoms with Crippen molar-refractivity contribution in [3.8, 4) is 11.4 Å². The minimum absolute atomic E-state index is 0.164. The van der Waals surface area contributed by atoms with E-state index in [9.17, 15) is 4.79 Å². The molecule has 6 nitrogen and oxygen atoms in total. The number of thioether (sulfide) groups is 1. The van der Waals surface area contributed by atoms with Gasteiger partial charge >= 0.3 is 0 Å². The number of rotatable bonds is 6. The second-order valence-electron chi connectivity index (χ2n) is 6.27. The standard InChI is InChI=1S/C19H19Cl2N5OS/c1-25(2)14-7-4-12(5-8-14)18-23-24-19(26(18)3)28-11-17(27)22-13-6-9-15(20)16(21)10-13/h4-10H,11H2,1-3H3,(H,22,27). The highest BCUT2D eigenvalue weighted by atomic mass is 35.5. The Hall–Kier alpha value is -2.22. The molecule has 9 heteroatoms. The number of anilines is 2. The molecule has 0 aliphatic carbocycles. The lowest BCUT2D eigenvalue weighted by Crippen LogP contribution is -2.14. The molecule has 1 aromatic heterocycles. The monoisotopic (exact) mass is 435 g/mol. The third-order valence-corrected chi connectivity index (χ3v) is 5.77. The first kappa shape index (κ1) is 20.5. The average Bonchev–Trinajstić information content (AvgIpc) is 3.03. The van der Waals surface area contributed by atoms with Crippen molar-refractivity contribution < 1.29 is 4.79 Å². The van der Waals surface area contributed by atoms with Crippen LogP contribution in [0.1, 0.15) is 0 Å². The van der Waals surface area contributed by atoms with Gasteiger partial charge in [0.25, 0.3) is 0 Å². The van der Waals surface area contributed by atoms with E-state index in [-0.39, 0.29) is 11.7 Å². The Labute approximate surface area is 177 Å². The summed E-state index contributed by atoms with van der Waals surface area (Å²) >= 11 is 13.2. The first-order valence-corrected chi connectivity index (χ1v) is 10.1. The molecule has 0 bridgehead atoms. The number of aromatic nitrogens is 3. The van der Waals surface area contributed by atoms with Gasteiger partial charge in [0, 0.05) is 38.1 Å². The van der Waals surface area contributed by atoms with Crippen LogP contribution in [0.4, 0.5) is 11.4 Å². The van der Waals surface area contributed by atoms with Crippen molar-refractivity contribution in [2.75, 3.05) is 30.1 Å². The maximum atomic E-state index is 12.2. The van der Waals surface area contributed by atoms with Crippen LogP contribution < -0.4 is 10.2 Å². The van der Waals surface area contributed by atoms with Gasteiger partial charge in [-0.3, -0.25) is 4.79 Å². The van der Waals surface area contributed by atoms with Crippen LogP contribution in [0.2, 0.25) is 10.0 Å². The molecule has 0 unspecified atom stereocenters. The quantitative estimate of drug-likeness (QED) is 0.573.